The minimum Gasteiger partial charge on any atom is -0.384 e. The van der Waals surface area contributed by atoms with Crippen molar-refractivity contribution in [1.29, 1.82) is 0 Å². The van der Waals surface area contributed by atoms with Crippen LogP contribution in [-0.2, 0) is 6.42 Å². The molecule has 1 aromatic heterocycles. The Hall–Kier alpha value is -2.69. The van der Waals surface area contributed by atoms with Gasteiger partial charge in [0.1, 0.15) is 11.6 Å². The third kappa shape index (κ3) is 2.70. The third-order valence-electron chi connectivity index (χ3n) is 3.61. The normalized spacial score (nSPS) is 12.3. The van der Waals surface area contributed by atoms with Crippen LogP contribution in [0.25, 0.3) is 10.9 Å². The number of carbonyl (C=O) groups excluding carboxylic acids is 1. The summed E-state index contributed by atoms with van der Waals surface area (Å²) in [6.45, 7) is 0.943. The molecule has 5 heteroatoms. The lowest BCUT2D eigenvalue weighted by Crippen LogP contribution is -1.90. The molecule has 0 saturated heterocycles. The van der Waals surface area contributed by atoms with E-state index in [1.165, 1.54) is 17.7 Å². The zero-order valence-corrected chi connectivity index (χ0v) is 11.7. The standard InChI is InChI=1S/C9H6FNO.C8H8FN/c10-8-2-1-6-3-4-11-9(6)7(8)5-12;9-7-2-1-6-3-4-10-8(6)5-7/h1-5,11H;1-2,5,10H,3-4H2. The van der Waals surface area contributed by atoms with Gasteiger partial charge in [-0.1, -0.05) is 6.07 Å². The second-order valence-corrected chi connectivity index (χ2v) is 5.00. The molecule has 3 aromatic rings. The number of fused-ring (bicyclic) bond motifs is 2. The minimum absolute atomic E-state index is 0.0949. The maximum atomic E-state index is 12.9. The predicted molar refractivity (Wildman–Crippen MR) is 82.2 cm³/mol. The van der Waals surface area contributed by atoms with Crippen LogP contribution in [0.4, 0.5) is 14.5 Å². The van der Waals surface area contributed by atoms with Gasteiger partial charge in [-0.05, 0) is 42.3 Å². The Bertz CT molecular complexity index is 827. The molecule has 0 saturated carbocycles. The Kier molecular flexibility index (Phi) is 3.87. The highest BCUT2D eigenvalue weighted by Gasteiger charge is 2.09. The number of H-pyrrole nitrogens is 1. The second kappa shape index (κ2) is 5.97. The molecule has 2 aromatic carbocycles. The molecule has 0 unspecified atom stereocenters. The van der Waals surface area contributed by atoms with E-state index in [1.807, 2.05) is 6.07 Å². The van der Waals surface area contributed by atoms with Crippen molar-refractivity contribution >= 4 is 22.9 Å². The summed E-state index contributed by atoms with van der Waals surface area (Å²) < 4.78 is 25.5. The van der Waals surface area contributed by atoms with Crippen LogP contribution in [0.2, 0.25) is 0 Å². The van der Waals surface area contributed by atoms with Crippen molar-refractivity contribution in [3.8, 4) is 0 Å². The Labute approximate surface area is 126 Å². The van der Waals surface area contributed by atoms with Crippen LogP contribution < -0.4 is 5.32 Å². The lowest BCUT2D eigenvalue weighted by atomic mass is 10.1. The number of aromatic nitrogens is 1. The molecule has 112 valence electrons. The van der Waals surface area contributed by atoms with Gasteiger partial charge in [-0.15, -0.1) is 0 Å². The molecule has 0 aliphatic carbocycles. The molecule has 0 fully saturated rings. The maximum absolute atomic E-state index is 12.9. The van der Waals surface area contributed by atoms with Crippen molar-refractivity contribution < 1.29 is 13.6 Å². The van der Waals surface area contributed by atoms with Crippen molar-refractivity contribution in [3.63, 3.8) is 0 Å². The average Bonchev–Trinajstić information content (AvgIpc) is 3.15. The summed E-state index contributed by atoms with van der Waals surface area (Å²) in [6.07, 6.45) is 3.22. The number of aromatic amines is 1. The highest BCUT2D eigenvalue weighted by Crippen LogP contribution is 2.22. The van der Waals surface area contributed by atoms with E-state index in [-0.39, 0.29) is 11.4 Å². The Balaban J connectivity index is 0.000000133. The van der Waals surface area contributed by atoms with Gasteiger partial charge in [0.05, 0.1) is 11.1 Å². The topological polar surface area (TPSA) is 44.9 Å². The number of hydrogen-bond donors (Lipinski definition) is 2. The van der Waals surface area contributed by atoms with Crippen molar-refractivity contribution in [2.75, 3.05) is 11.9 Å². The average molecular weight is 300 g/mol. The second-order valence-electron chi connectivity index (χ2n) is 5.00. The van der Waals surface area contributed by atoms with E-state index in [2.05, 4.69) is 10.3 Å². The zero-order chi connectivity index (χ0) is 15.5. The Morgan fingerprint density at radius 1 is 1.09 bits per heavy atom. The molecule has 0 bridgehead atoms. The highest BCUT2D eigenvalue weighted by atomic mass is 19.1. The van der Waals surface area contributed by atoms with Crippen molar-refractivity contribution in [3.05, 3.63) is 65.4 Å². The molecule has 0 atom stereocenters. The first-order chi connectivity index (χ1) is 10.7. The van der Waals surface area contributed by atoms with E-state index in [0.29, 0.717) is 11.8 Å². The van der Waals surface area contributed by atoms with Crippen LogP contribution in [0.15, 0.2) is 42.6 Å². The summed E-state index contributed by atoms with van der Waals surface area (Å²) in [5, 5.41) is 3.95. The smallest absolute Gasteiger partial charge is 0.155 e. The van der Waals surface area contributed by atoms with Gasteiger partial charge in [0, 0.05) is 23.8 Å². The van der Waals surface area contributed by atoms with Crippen LogP contribution in [0, 0.1) is 11.6 Å². The van der Waals surface area contributed by atoms with Crippen molar-refractivity contribution in [1.82, 2.24) is 4.98 Å². The first-order valence-electron chi connectivity index (χ1n) is 6.92. The summed E-state index contributed by atoms with van der Waals surface area (Å²) >= 11 is 0. The van der Waals surface area contributed by atoms with Crippen molar-refractivity contribution in [2.45, 2.75) is 6.42 Å². The molecule has 1 aliphatic heterocycles. The van der Waals surface area contributed by atoms with Gasteiger partial charge in [-0.2, -0.15) is 0 Å². The molecule has 22 heavy (non-hydrogen) atoms. The van der Waals surface area contributed by atoms with Crippen LogP contribution in [0.3, 0.4) is 0 Å². The van der Waals surface area contributed by atoms with Gasteiger partial charge in [0.15, 0.2) is 6.29 Å². The van der Waals surface area contributed by atoms with Crippen LogP contribution >= 0.6 is 0 Å². The minimum atomic E-state index is -0.486. The van der Waals surface area contributed by atoms with Gasteiger partial charge >= 0.3 is 0 Å². The fourth-order valence-electron chi connectivity index (χ4n) is 2.50. The lowest BCUT2D eigenvalue weighted by molar-refractivity contribution is 0.112. The van der Waals surface area contributed by atoms with Gasteiger partial charge in [-0.3, -0.25) is 4.79 Å². The zero-order valence-electron chi connectivity index (χ0n) is 11.7. The fraction of sp³-hybridized carbons (Fsp3) is 0.118. The van der Waals surface area contributed by atoms with Crippen LogP contribution in [-0.4, -0.2) is 17.8 Å². The van der Waals surface area contributed by atoms with E-state index in [0.717, 1.165) is 24.0 Å². The van der Waals surface area contributed by atoms with Crippen LogP contribution in [0.5, 0.6) is 0 Å². The van der Waals surface area contributed by atoms with E-state index >= 15 is 0 Å². The summed E-state index contributed by atoms with van der Waals surface area (Å²) in [5.74, 6) is -0.645. The SMILES string of the molecule is Fc1ccc2c(c1)NCC2.O=Cc1c(F)ccc2cc[nH]c12. The first-order valence-corrected chi connectivity index (χ1v) is 6.92. The molecular formula is C17H14F2N2O. The summed E-state index contributed by atoms with van der Waals surface area (Å²) in [7, 11) is 0. The quantitative estimate of drug-likeness (QED) is 0.669. The molecular weight excluding hydrogens is 286 g/mol. The number of anilines is 1. The van der Waals surface area contributed by atoms with Gasteiger partial charge in [0.2, 0.25) is 0 Å². The molecule has 1 aliphatic rings. The van der Waals surface area contributed by atoms with Gasteiger partial charge < -0.3 is 10.3 Å². The highest BCUT2D eigenvalue weighted by molar-refractivity contribution is 5.96. The first kappa shape index (κ1) is 14.3. The van der Waals surface area contributed by atoms with Gasteiger partial charge in [0.25, 0.3) is 0 Å². The summed E-state index contributed by atoms with van der Waals surface area (Å²) in [5.41, 5.74) is 2.84. The fourth-order valence-corrected chi connectivity index (χ4v) is 2.50. The number of nitrogens with one attached hydrogen (secondary N) is 2. The Morgan fingerprint density at radius 2 is 1.95 bits per heavy atom. The maximum Gasteiger partial charge on any atom is 0.155 e. The number of rotatable bonds is 1. The van der Waals surface area contributed by atoms with E-state index in [9.17, 15) is 13.6 Å². The summed E-state index contributed by atoms with van der Waals surface area (Å²) in [4.78, 5) is 13.3. The molecule has 0 spiro atoms. The van der Waals surface area contributed by atoms with E-state index in [1.54, 1.807) is 24.4 Å². The molecule has 2 heterocycles. The molecule has 3 nitrogen and oxygen atoms in total. The Morgan fingerprint density at radius 3 is 2.77 bits per heavy atom. The lowest BCUT2D eigenvalue weighted by Gasteiger charge is -1.96. The monoisotopic (exact) mass is 300 g/mol. The largest absolute Gasteiger partial charge is 0.384 e. The molecule has 2 N–H and O–H groups in total. The van der Waals surface area contributed by atoms with E-state index in [4.69, 9.17) is 0 Å². The molecule has 4 rings (SSSR count). The number of hydrogen-bond acceptors (Lipinski definition) is 2. The van der Waals surface area contributed by atoms with Crippen molar-refractivity contribution in [2.24, 2.45) is 0 Å². The number of halogens is 2. The summed E-state index contributed by atoms with van der Waals surface area (Å²) in [6, 6.07) is 9.61. The predicted octanol–water partition coefficient (Wildman–Crippen LogP) is 3.91. The van der Waals surface area contributed by atoms with Gasteiger partial charge in [-0.25, -0.2) is 8.78 Å². The number of benzene rings is 2. The third-order valence-corrected chi connectivity index (χ3v) is 3.61. The van der Waals surface area contributed by atoms with E-state index < -0.39 is 5.82 Å². The molecule has 0 amide bonds. The number of carbonyl (C=O) groups is 1. The van der Waals surface area contributed by atoms with Crippen LogP contribution in [0.1, 0.15) is 15.9 Å². The molecule has 0 radical (unpaired) electrons. The number of aldehydes is 1.